The monoisotopic (exact) mass is 172 g/mol. The zero-order valence-corrected chi connectivity index (χ0v) is 7.54. The van der Waals surface area contributed by atoms with Crippen LogP contribution < -0.4 is 0 Å². The molecule has 1 fully saturated rings. The Balaban J connectivity index is 2.10. The number of carbonyl (C=O) groups excluding carboxylic acids is 1. The predicted molar refractivity (Wildman–Crippen MR) is 44.8 cm³/mol. The lowest BCUT2D eigenvalue weighted by atomic mass is 10.1. The van der Waals surface area contributed by atoms with Gasteiger partial charge in [0.05, 0.1) is 19.1 Å². The van der Waals surface area contributed by atoms with Crippen LogP contribution in [-0.4, -0.2) is 25.8 Å². The predicted octanol–water partition coefficient (Wildman–Crippen LogP) is 1.37. The molecular formula is C9H16O3. The second-order valence-electron chi connectivity index (χ2n) is 3.08. The van der Waals surface area contributed by atoms with E-state index in [1.165, 1.54) is 0 Å². The number of unbranched alkanes of at least 4 members (excludes halogenated alkanes) is 1. The lowest BCUT2D eigenvalue weighted by molar-refractivity contribution is -0.148. The maximum absolute atomic E-state index is 11.2. The standard InChI is InChI=1S/C9H16O3/c1-2-3-5-12-9(10)8-4-6-11-7-8/h8H,2-7H2,1H3. The fraction of sp³-hybridized carbons (Fsp3) is 0.889. The maximum atomic E-state index is 11.2. The van der Waals surface area contributed by atoms with Crippen molar-refractivity contribution in [1.82, 2.24) is 0 Å². The third-order valence-corrected chi connectivity index (χ3v) is 2.01. The fourth-order valence-corrected chi connectivity index (χ4v) is 1.16. The first-order valence-electron chi connectivity index (χ1n) is 4.59. The summed E-state index contributed by atoms with van der Waals surface area (Å²) in [6, 6.07) is 0. The highest BCUT2D eigenvalue weighted by atomic mass is 16.5. The third kappa shape index (κ3) is 2.81. The molecule has 3 nitrogen and oxygen atoms in total. The van der Waals surface area contributed by atoms with Crippen LogP contribution in [0.3, 0.4) is 0 Å². The molecule has 0 bridgehead atoms. The molecule has 0 N–H and O–H groups in total. The van der Waals surface area contributed by atoms with Gasteiger partial charge in [0.1, 0.15) is 0 Å². The van der Waals surface area contributed by atoms with Crippen LogP contribution in [-0.2, 0) is 14.3 Å². The van der Waals surface area contributed by atoms with Crippen molar-refractivity contribution in [3.05, 3.63) is 0 Å². The molecule has 3 heteroatoms. The summed E-state index contributed by atoms with van der Waals surface area (Å²) in [7, 11) is 0. The van der Waals surface area contributed by atoms with E-state index in [1.54, 1.807) is 0 Å². The summed E-state index contributed by atoms with van der Waals surface area (Å²) < 4.78 is 10.1. The topological polar surface area (TPSA) is 35.5 Å². The van der Waals surface area contributed by atoms with Crippen molar-refractivity contribution >= 4 is 5.97 Å². The van der Waals surface area contributed by atoms with Gasteiger partial charge in [0.15, 0.2) is 0 Å². The Hall–Kier alpha value is -0.570. The fourth-order valence-electron chi connectivity index (χ4n) is 1.16. The average Bonchev–Trinajstić information content (AvgIpc) is 2.56. The quantitative estimate of drug-likeness (QED) is 0.474. The zero-order valence-electron chi connectivity index (χ0n) is 7.54. The molecule has 1 aliphatic rings. The van der Waals surface area contributed by atoms with Gasteiger partial charge in [-0.05, 0) is 12.8 Å². The first-order valence-corrected chi connectivity index (χ1v) is 4.59. The lowest BCUT2D eigenvalue weighted by Crippen LogP contribution is -2.18. The van der Waals surface area contributed by atoms with Crippen LogP contribution in [0, 0.1) is 5.92 Å². The summed E-state index contributed by atoms with van der Waals surface area (Å²) in [6.45, 7) is 3.89. The lowest BCUT2D eigenvalue weighted by Gasteiger charge is -2.07. The Kier molecular flexibility index (Phi) is 4.08. The number of hydrogen-bond acceptors (Lipinski definition) is 3. The Morgan fingerprint density at radius 2 is 2.50 bits per heavy atom. The summed E-state index contributed by atoms with van der Waals surface area (Å²) in [6.07, 6.45) is 2.85. The molecule has 0 aromatic rings. The molecule has 0 amide bonds. The van der Waals surface area contributed by atoms with E-state index in [-0.39, 0.29) is 11.9 Å². The van der Waals surface area contributed by atoms with Crippen molar-refractivity contribution in [2.75, 3.05) is 19.8 Å². The number of carbonyl (C=O) groups is 1. The molecule has 1 aliphatic heterocycles. The molecule has 0 aromatic heterocycles. The molecule has 0 aliphatic carbocycles. The molecule has 0 aromatic carbocycles. The van der Waals surface area contributed by atoms with E-state index in [2.05, 4.69) is 6.92 Å². The highest BCUT2D eigenvalue weighted by molar-refractivity contribution is 5.72. The van der Waals surface area contributed by atoms with Crippen LogP contribution in [0.25, 0.3) is 0 Å². The molecule has 1 unspecified atom stereocenters. The van der Waals surface area contributed by atoms with Gasteiger partial charge in [0.2, 0.25) is 0 Å². The normalized spacial score (nSPS) is 22.6. The second-order valence-corrected chi connectivity index (χ2v) is 3.08. The number of hydrogen-bond donors (Lipinski definition) is 0. The van der Waals surface area contributed by atoms with Gasteiger partial charge in [-0.3, -0.25) is 4.79 Å². The molecule has 1 saturated heterocycles. The van der Waals surface area contributed by atoms with Crippen LogP contribution in [0.1, 0.15) is 26.2 Å². The van der Waals surface area contributed by atoms with Crippen LogP contribution in [0.15, 0.2) is 0 Å². The molecule has 70 valence electrons. The summed E-state index contributed by atoms with van der Waals surface area (Å²) in [5.41, 5.74) is 0. The molecule has 1 heterocycles. The Labute approximate surface area is 73.0 Å². The van der Waals surface area contributed by atoms with Crippen LogP contribution in [0.4, 0.5) is 0 Å². The van der Waals surface area contributed by atoms with E-state index in [9.17, 15) is 4.79 Å². The van der Waals surface area contributed by atoms with Crippen molar-refractivity contribution < 1.29 is 14.3 Å². The van der Waals surface area contributed by atoms with Crippen LogP contribution in [0.2, 0.25) is 0 Å². The zero-order chi connectivity index (χ0) is 8.81. The third-order valence-electron chi connectivity index (χ3n) is 2.01. The SMILES string of the molecule is CCCCOC(=O)C1CCOC1. The average molecular weight is 172 g/mol. The number of rotatable bonds is 4. The van der Waals surface area contributed by atoms with E-state index in [4.69, 9.17) is 9.47 Å². The number of esters is 1. The summed E-state index contributed by atoms with van der Waals surface area (Å²) >= 11 is 0. The molecule has 0 spiro atoms. The van der Waals surface area contributed by atoms with E-state index in [1.807, 2.05) is 0 Å². The summed E-state index contributed by atoms with van der Waals surface area (Å²) in [4.78, 5) is 11.2. The smallest absolute Gasteiger partial charge is 0.311 e. The van der Waals surface area contributed by atoms with Gasteiger partial charge in [-0.25, -0.2) is 0 Å². The van der Waals surface area contributed by atoms with Gasteiger partial charge < -0.3 is 9.47 Å². The molecule has 0 saturated carbocycles. The highest BCUT2D eigenvalue weighted by Crippen LogP contribution is 2.13. The molecular weight excluding hydrogens is 156 g/mol. The molecule has 0 radical (unpaired) electrons. The van der Waals surface area contributed by atoms with Gasteiger partial charge in [-0.1, -0.05) is 13.3 Å². The van der Waals surface area contributed by atoms with Gasteiger partial charge in [0.25, 0.3) is 0 Å². The second kappa shape index (κ2) is 5.14. The minimum absolute atomic E-state index is 0.00172. The summed E-state index contributed by atoms with van der Waals surface area (Å²) in [5.74, 6) is -0.0807. The Morgan fingerprint density at radius 3 is 3.08 bits per heavy atom. The van der Waals surface area contributed by atoms with Gasteiger partial charge in [-0.2, -0.15) is 0 Å². The van der Waals surface area contributed by atoms with Gasteiger partial charge >= 0.3 is 5.97 Å². The van der Waals surface area contributed by atoms with Crippen molar-refractivity contribution in [2.24, 2.45) is 5.92 Å². The van der Waals surface area contributed by atoms with E-state index in [0.717, 1.165) is 19.3 Å². The largest absolute Gasteiger partial charge is 0.465 e. The van der Waals surface area contributed by atoms with E-state index >= 15 is 0 Å². The maximum Gasteiger partial charge on any atom is 0.311 e. The van der Waals surface area contributed by atoms with Gasteiger partial charge in [0, 0.05) is 6.61 Å². The minimum atomic E-state index is -0.0825. The Morgan fingerprint density at radius 1 is 1.67 bits per heavy atom. The molecule has 1 rings (SSSR count). The minimum Gasteiger partial charge on any atom is -0.465 e. The van der Waals surface area contributed by atoms with Crippen molar-refractivity contribution in [2.45, 2.75) is 26.2 Å². The van der Waals surface area contributed by atoms with Crippen molar-refractivity contribution in [3.63, 3.8) is 0 Å². The highest BCUT2D eigenvalue weighted by Gasteiger charge is 2.24. The van der Waals surface area contributed by atoms with E-state index in [0.29, 0.717) is 19.8 Å². The first kappa shape index (κ1) is 9.52. The number of ether oxygens (including phenoxy) is 2. The van der Waals surface area contributed by atoms with Crippen molar-refractivity contribution in [3.8, 4) is 0 Å². The molecule has 1 atom stereocenters. The van der Waals surface area contributed by atoms with E-state index < -0.39 is 0 Å². The van der Waals surface area contributed by atoms with Crippen LogP contribution >= 0.6 is 0 Å². The summed E-state index contributed by atoms with van der Waals surface area (Å²) in [5, 5.41) is 0. The van der Waals surface area contributed by atoms with Crippen LogP contribution in [0.5, 0.6) is 0 Å². The van der Waals surface area contributed by atoms with Crippen molar-refractivity contribution in [1.29, 1.82) is 0 Å². The first-order chi connectivity index (χ1) is 5.84. The molecule has 12 heavy (non-hydrogen) atoms. The Bertz CT molecular complexity index is 139. The van der Waals surface area contributed by atoms with Gasteiger partial charge in [-0.15, -0.1) is 0 Å².